The second kappa shape index (κ2) is 4.78. The molecule has 5 nitrogen and oxygen atoms in total. The van der Waals surface area contributed by atoms with E-state index in [1.165, 1.54) is 0 Å². The Kier molecular flexibility index (Phi) is 3.53. The Morgan fingerprint density at radius 3 is 2.94 bits per heavy atom. The van der Waals surface area contributed by atoms with Gasteiger partial charge in [0.25, 0.3) is 0 Å². The van der Waals surface area contributed by atoms with E-state index in [0.717, 1.165) is 24.3 Å². The van der Waals surface area contributed by atoms with Crippen molar-refractivity contribution in [2.24, 2.45) is 0 Å². The summed E-state index contributed by atoms with van der Waals surface area (Å²) >= 11 is 0. The Morgan fingerprint density at radius 2 is 2.35 bits per heavy atom. The predicted octanol–water partition coefficient (Wildman–Crippen LogP) is 1.86. The molecule has 0 aromatic carbocycles. The molecule has 1 aliphatic rings. The molecule has 6 heteroatoms. The molecular formula is C11H18N2O3S. The molecule has 2 heterocycles. The van der Waals surface area contributed by atoms with E-state index in [0.29, 0.717) is 13.0 Å². The van der Waals surface area contributed by atoms with Crippen LogP contribution in [0.2, 0.25) is 0 Å². The van der Waals surface area contributed by atoms with Crippen molar-refractivity contribution in [3.8, 4) is 0 Å². The first-order valence-corrected chi connectivity index (χ1v) is 7.58. The molecule has 0 aliphatic carbocycles. The van der Waals surface area contributed by atoms with Crippen molar-refractivity contribution < 1.29 is 12.9 Å². The van der Waals surface area contributed by atoms with Crippen LogP contribution in [-0.2, 0) is 10.0 Å². The minimum Gasteiger partial charge on any atom is -0.361 e. The molecule has 96 valence electrons. The summed E-state index contributed by atoms with van der Waals surface area (Å²) in [6.45, 7) is 4.29. The molecule has 2 rings (SSSR count). The first-order chi connectivity index (χ1) is 8.04. The number of aromatic nitrogens is 1. The van der Waals surface area contributed by atoms with Gasteiger partial charge in [-0.15, -0.1) is 0 Å². The largest absolute Gasteiger partial charge is 0.361 e. The fourth-order valence-corrected chi connectivity index (χ4v) is 4.05. The first-order valence-electron chi connectivity index (χ1n) is 5.97. The first kappa shape index (κ1) is 12.6. The van der Waals surface area contributed by atoms with E-state index in [9.17, 15) is 8.42 Å². The number of hydrogen-bond acceptors (Lipinski definition) is 4. The van der Waals surface area contributed by atoms with Crippen molar-refractivity contribution in [2.75, 3.05) is 12.3 Å². The van der Waals surface area contributed by atoms with Gasteiger partial charge in [-0.2, -0.15) is 4.31 Å². The Hall–Kier alpha value is -0.880. The van der Waals surface area contributed by atoms with E-state index < -0.39 is 10.0 Å². The third kappa shape index (κ3) is 2.52. The van der Waals surface area contributed by atoms with Gasteiger partial charge in [0.15, 0.2) is 0 Å². The van der Waals surface area contributed by atoms with Gasteiger partial charge < -0.3 is 4.52 Å². The third-order valence-electron chi connectivity index (χ3n) is 3.01. The fourth-order valence-electron chi connectivity index (χ4n) is 2.29. The molecule has 0 spiro atoms. The molecule has 1 saturated heterocycles. The van der Waals surface area contributed by atoms with Crippen molar-refractivity contribution in [2.45, 2.75) is 39.2 Å². The van der Waals surface area contributed by atoms with Crippen LogP contribution in [-0.4, -0.2) is 30.2 Å². The zero-order chi connectivity index (χ0) is 12.5. The van der Waals surface area contributed by atoms with Gasteiger partial charge in [0.05, 0.1) is 11.8 Å². The highest BCUT2D eigenvalue weighted by Crippen LogP contribution is 2.34. The molecule has 0 unspecified atom stereocenters. The van der Waals surface area contributed by atoms with Gasteiger partial charge in [-0.05, 0) is 26.2 Å². The van der Waals surface area contributed by atoms with Gasteiger partial charge in [-0.1, -0.05) is 12.1 Å². The zero-order valence-electron chi connectivity index (χ0n) is 10.2. The van der Waals surface area contributed by atoms with Gasteiger partial charge in [-0.25, -0.2) is 8.42 Å². The van der Waals surface area contributed by atoms with Crippen molar-refractivity contribution >= 4 is 10.0 Å². The van der Waals surface area contributed by atoms with E-state index in [4.69, 9.17) is 4.52 Å². The van der Waals surface area contributed by atoms with Crippen LogP contribution in [0.1, 0.15) is 43.7 Å². The van der Waals surface area contributed by atoms with Gasteiger partial charge in [0, 0.05) is 12.6 Å². The number of rotatable bonds is 4. The summed E-state index contributed by atoms with van der Waals surface area (Å²) in [5.41, 5.74) is 0.736. The van der Waals surface area contributed by atoms with E-state index in [-0.39, 0.29) is 11.8 Å². The van der Waals surface area contributed by atoms with Gasteiger partial charge in [0.1, 0.15) is 11.5 Å². The summed E-state index contributed by atoms with van der Waals surface area (Å²) in [6, 6.07) is 1.69. The Labute approximate surface area is 102 Å². The monoisotopic (exact) mass is 258 g/mol. The maximum Gasteiger partial charge on any atom is 0.214 e. The van der Waals surface area contributed by atoms with E-state index in [2.05, 4.69) is 5.16 Å². The summed E-state index contributed by atoms with van der Waals surface area (Å²) in [4.78, 5) is 0. The maximum absolute atomic E-state index is 12.1. The lowest BCUT2D eigenvalue weighted by Crippen LogP contribution is -2.32. The molecule has 0 bridgehead atoms. The second-order valence-electron chi connectivity index (χ2n) is 4.45. The van der Waals surface area contributed by atoms with Crippen LogP contribution in [0.4, 0.5) is 0 Å². The molecule has 1 fully saturated rings. The highest BCUT2D eigenvalue weighted by Gasteiger charge is 2.36. The molecule has 1 atom stereocenters. The number of nitrogens with zero attached hydrogens (tertiary/aromatic N) is 2. The van der Waals surface area contributed by atoms with Gasteiger partial charge in [0.2, 0.25) is 10.0 Å². The van der Waals surface area contributed by atoms with Crippen molar-refractivity contribution in [1.29, 1.82) is 0 Å². The third-order valence-corrected chi connectivity index (χ3v) is 5.09. The number of sulfonamides is 1. The summed E-state index contributed by atoms with van der Waals surface area (Å²) in [5.74, 6) is 0.931. The lowest BCUT2D eigenvalue weighted by molar-refractivity contribution is 0.349. The molecule has 1 aromatic heterocycles. The topological polar surface area (TPSA) is 63.4 Å². The Balaban J connectivity index is 2.24. The normalized spacial score (nSPS) is 22.1. The summed E-state index contributed by atoms with van der Waals surface area (Å²) in [6.07, 6.45) is 2.36. The Morgan fingerprint density at radius 1 is 1.59 bits per heavy atom. The fraction of sp³-hybridized carbons (Fsp3) is 0.727. The van der Waals surface area contributed by atoms with Crippen LogP contribution in [0.3, 0.4) is 0 Å². The molecule has 0 saturated carbocycles. The average molecular weight is 258 g/mol. The van der Waals surface area contributed by atoms with Crippen molar-refractivity contribution in [3.05, 3.63) is 17.5 Å². The molecule has 17 heavy (non-hydrogen) atoms. The predicted molar refractivity (Wildman–Crippen MR) is 64.0 cm³/mol. The smallest absolute Gasteiger partial charge is 0.214 e. The van der Waals surface area contributed by atoms with Crippen LogP contribution in [0.25, 0.3) is 0 Å². The maximum atomic E-state index is 12.1. The molecule has 0 N–H and O–H groups in total. The number of aryl methyl sites for hydroxylation is 1. The van der Waals surface area contributed by atoms with E-state index in [1.54, 1.807) is 4.31 Å². The van der Waals surface area contributed by atoms with Crippen LogP contribution < -0.4 is 0 Å². The molecule has 0 radical (unpaired) electrons. The van der Waals surface area contributed by atoms with Gasteiger partial charge in [-0.3, -0.25) is 0 Å². The van der Waals surface area contributed by atoms with Crippen LogP contribution in [0.5, 0.6) is 0 Å². The minimum absolute atomic E-state index is 0.135. The molecule has 1 aliphatic heterocycles. The number of hydrogen-bond donors (Lipinski definition) is 0. The zero-order valence-corrected chi connectivity index (χ0v) is 11.0. The van der Waals surface area contributed by atoms with Crippen molar-refractivity contribution in [3.63, 3.8) is 0 Å². The average Bonchev–Trinajstić information content (AvgIpc) is 2.84. The summed E-state index contributed by atoms with van der Waals surface area (Å²) < 4.78 is 30.8. The van der Waals surface area contributed by atoms with Gasteiger partial charge >= 0.3 is 0 Å². The summed E-state index contributed by atoms with van der Waals surface area (Å²) in [5, 5.41) is 3.94. The highest BCUT2D eigenvalue weighted by atomic mass is 32.2. The molecular weight excluding hydrogens is 240 g/mol. The SMILES string of the molecule is CCCS(=O)(=O)N1CCC[C@@H]1c1cc(C)on1. The lowest BCUT2D eigenvalue weighted by atomic mass is 10.1. The summed E-state index contributed by atoms with van der Waals surface area (Å²) in [7, 11) is -3.15. The second-order valence-corrected chi connectivity index (χ2v) is 6.49. The quantitative estimate of drug-likeness (QED) is 0.827. The van der Waals surface area contributed by atoms with E-state index >= 15 is 0 Å². The standard InChI is InChI=1S/C11H18N2O3S/c1-3-7-17(14,15)13-6-4-5-11(13)10-8-9(2)16-12-10/h8,11H,3-7H2,1-2H3/t11-/m1/s1. The van der Waals surface area contributed by atoms with Crippen LogP contribution in [0, 0.1) is 6.92 Å². The van der Waals surface area contributed by atoms with Crippen LogP contribution in [0.15, 0.2) is 10.6 Å². The van der Waals surface area contributed by atoms with Crippen LogP contribution >= 0.6 is 0 Å². The highest BCUT2D eigenvalue weighted by molar-refractivity contribution is 7.89. The van der Waals surface area contributed by atoms with Crippen molar-refractivity contribution in [1.82, 2.24) is 9.46 Å². The Bertz CT molecular complexity index is 481. The lowest BCUT2D eigenvalue weighted by Gasteiger charge is -2.21. The molecule has 0 amide bonds. The minimum atomic E-state index is -3.15. The molecule has 1 aromatic rings. The van der Waals surface area contributed by atoms with E-state index in [1.807, 2.05) is 19.9 Å².